The number of hydrogen-bond donors (Lipinski definition) is 0. The van der Waals surface area contributed by atoms with E-state index in [1.54, 1.807) is 6.92 Å². The third-order valence-corrected chi connectivity index (χ3v) is 5.78. The Bertz CT molecular complexity index is 967. The zero-order chi connectivity index (χ0) is 20.9. The Morgan fingerprint density at radius 2 is 1.75 bits per heavy atom. The molecule has 0 saturated heterocycles. The zero-order valence-corrected chi connectivity index (χ0v) is 17.0. The van der Waals surface area contributed by atoms with Gasteiger partial charge in [0, 0.05) is 0 Å². The van der Waals surface area contributed by atoms with Crippen molar-refractivity contribution >= 4 is 33.3 Å². The minimum absolute atomic E-state index is 0.0766. The van der Waals surface area contributed by atoms with Crippen LogP contribution in [0, 0.1) is 5.82 Å². The largest absolute Gasteiger partial charge is 0.495 e. The van der Waals surface area contributed by atoms with Gasteiger partial charge in [-0.2, -0.15) is 0 Å². The first-order chi connectivity index (χ1) is 13.2. The van der Waals surface area contributed by atoms with Gasteiger partial charge in [-0.25, -0.2) is 12.8 Å². The monoisotopic (exact) mass is 431 g/mol. The molecule has 0 fully saturated rings. The quantitative estimate of drug-likeness (QED) is 0.597. The average molecular weight is 432 g/mol. The molecule has 152 valence electrons. The number of carbonyl (C=O) groups is 1. The van der Waals surface area contributed by atoms with Crippen molar-refractivity contribution in [1.29, 1.82) is 0 Å². The molecule has 2 aromatic rings. The van der Waals surface area contributed by atoms with Crippen LogP contribution in [0.3, 0.4) is 0 Å². The van der Waals surface area contributed by atoms with Crippen LogP contribution in [-0.2, 0) is 19.6 Å². The van der Waals surface area contributed by atoms with Gasteiger partial charge in [-0.05, 0) is 43.3 Å². The average Bonchev–Trinajstić information content (AvgIpc) is 2.66. The number of carbonyl (C=O) groups excluding carboxylic acids is 1. The second-order valence-corrected chi connectivity index (χ2v) is 7.70. The summed E-state index contributed by atoms with van der Waals surface area (Å²) >= 11 is 6.09. The number of nitrogens with zero attached hydrogens (tertiary/aromatic N) is 1. The van der Waals surface area contributed by atoms with Crippen LogP contribution in [0.1, 0.15) is 6.92 Å². The molecular formula is C18H19ClFNO6S. The maximum absolute atomic E-state index is 14.1. The van der Waals surface area contributed by atoms with Gasteiger partial charge >= 0.3 is 5.97 Å². The highest BCUT2D eigenvalue weighted by Gasteiger charge is 2.29. The summed E-state index contributed by atoms with van der Waals surface area (Å²) in [4.78, 5) is 11.6. The molecule has 0 radical (unpaired) electrons. The molecule has 10 heteroatoms. The summed E-state index contributed by atoms with van der Waals surface area (Å²) in [7, 11) is -1.64. The Morgan fingerprint density at radius 3 is 2.29 bits per heavy atom. The molecule has 0 saturated carbocycles. The molecule has 0 spiro atoms. The van der Waals surface area contributed by atoms with Gasteiger partial charge in [-0.1, -0.05) is 11.6 Å². The van der Waals surface area contributed by atoms with E-state index in [0.717, 1.165) is 10.4 Å². The summed E-state index contributed by atoms with van der Waals surface area (Å²) < 4.78 is 55.8. The fourth-order valence-corrected chi connectivity index (χ4v) is 4.05. The second-order valence-electron chi connectivity index (χ2n) is 5.43. The highest BCUT2D eigenvalue weighted by Crippen LogP contribution is 2.32. The number of esters is 1. The standard InChI is InChI=1S/C18H19ClFNO6S/c1-4-27-18(22)11-21(12-5-7-16(25-2)14(19)9-12)28(23,24)13-6-8-17(26-3)15(20)10-13/h5-10H,4,11H2,1-3H3. The first kappa shape index (κ1) is 21.8. The van der Waals surface area contributed by atoms with E-state index in [9.17, 15) is 17.6 Å². The van der Waals surface area contributed by atoms with Crippen molar-refractivity contribution in [1.82, 2.24) is 0 Å². The molecule has 0 aromatic heterocycles. The highest BCUT2D eigenvalue weighted by atomic mass is 35.5. The molecule has 0 atom stereocenters. The molecule has 0 N–H and O–H groups in total. The number of halogens is 2. The van der Waals surface area contributed by atoms with Crippen LogP contribution in [-0.4, -0.2) is 41.8 Å². The number of hydrogen-bond acceptors (Lipinski definition) is 6. The van der Waals surface area contributed by atoms with Gasteiger partial charge in [0.1, 0.15) is 12.3 Å². The third-order valence-electron chi connectivity index (χ3n) is 3.71. The number of anilines is 1. The molecule has 0 bridgehead atoms. The topological polar surface area (TPSA) is 82.1 Å². The number of benzene rings is 2. The van der Waals surface area contributed by atoms with E-state index < -0.39 is 28.4 Å². The number of methoxy groups -OCH3 is 2. The van der Waals surface area contributed by atoms with E-state index in [0.29, 0.717) is 5.75 Å². The predicted octanol–water partition coefficient (Wildman–Crippen LogP) is 3.25. The molecule has 0 unspecified atom stereocenters. The molecule has 28 heavy (non-hydrogen) atoms. The molecular weight excluding hydrogens is 413 g/mol. The van der Waals surface area contributed by atoms with Crippen molar-refractivity contribution in [3.05, 3.63) is 47.2 Å². The Morgan fingerprint density at radius 1 is 1.11 bits per heavy atom. The Balaban J connectivity index is 2.55. The normalized spacial score (nSPS) is 11.0. The lowest BCUT2D eigenvalue weighted by Crippen LogP contribution is -2.36. The van der Waals surface area contributed by atoms with Gasteiger partial charge in [-0.15, -0.1) is 0 Å². The molecule has 0 heterocycles. The van der Waals surface area contributed by atoms with E-state index in [-0.39, 0.29) is 28.0 Å². The minimum Gasteiger partial charge on any atom is -0.495 e. The molecule has 2 rings (SSSR count). The third kappa shape index (κ3) is 4.66. The maximum atomic E-state index is 14.1. The van der Waals surface area contributed by atoms with E-state index in [1.165, 1.54) is 44.6 Å². The smallest absolute Gasteiger partial charge is 0.326 e. The van der Waals surface area contributed by atoms with Gasteiger partial charge in [0.15, 0.2) is 11.6 Å². The molecule has 2 aromatic carbocycles. The predicted molar refractivity (Wildman–Crippen MR) is 102 cm³/mol. The van der Waals surface area contributed by atoms with Crippen molar-refractivity contribution in [3.8, 4) is 11.5 Å². The van der Waals surface area contributed by atoms with E-state index in [4.69, 9.17) is 25.8 Å². The van der Waals surface area contributed by atoms with Crippen molar-refractivity contribution in [3.63, 3.8) is 0 Å². The molecule has 0 aliphatic heterocycles. The van der Waals surface area contributed by atoms with Crippen molar-refractivity contribution < 1.29 is 31.8 Å². The lowest BCUT2D eigenvalue weighted by Gasteiger charge is -2.24. The zero-order valence-electron chi connectivity index (χ0n) is 15.4. The molecule has 0 amide bonds. The number of rotatable bonds is 8. The molecule has 7 nitrogen and oxygen atoms in total. The fourth-order valence-electron chi connectivity index (χ4n) is 2.38. The molecule has 0 aliphatic carbocycles. The van der Waals surface area contributed by atoms with Crippen LogP contribution in [0.25, 0.3) is 0 Å². The summed E-state index contributed by atoms with van der Waals surface area (Å²) in [5.41, 5.74) is 0.0927. The summed E-state index contributed by atoms with van der Waals surface area (Å²) in [6.07, 6.45) is 0. The first-order valence-electron chi connectivity index (χ1n) is 8.10. The maximum Gasteiger partial charge on any atom is 0.326 e. The van der Waals surface area contributed by atoms with Crippen LogP contribution in [0.15, 0.2) is 41.3 Å². The first-order valence-corrected chi connectivity index (χ1v) is 9.91. The number of ether oxygens (including phenoxy) is 3. The molecule has 0 aliphatic rings. The van der Waals surface area contributed by atoms with Crippen LogP contribution < -0.4 is 13.8 Å². The Labute approximate surface area is 167 Å². The number of sulfonamides is 1. The van der Waals surface area contributed by atoms with Crippen molar-refractivity contribution in [2.24, 2.45) is 0 Å². The Kier molecular flexibility index (Phi) is 7.09. The summed E-state index contributed by atoms with van der Waals surface area (Å²) in [6.45, 7) is 1.06. The van der Waals surface area contributed by atoms with Crippen LogP contribution in [0.2, 0.25) is 5.02 Å². The summed E-state index contributed by atoms with van der Waals surface area (Å²) in [5.74, 6) is -1.41. The lowest BCUT2D eigenvalue weighted by molar-refractivity contribution is -0.141. The van der Waals surface area contributed by atoms with E-state index >= 15 is 0 Å². The van der Waals surface area contributed by atoms with E-state index in [2.05, 4.69) is 0 Å². The van der Waals surface area contributed by atoms with Crippen LogP contribution in [0.4, 0.5) is 10.1 Å². The van der Waals surface area contributed by atoms with Gasteiger partial charge < -0.3 is 14.2 Å². The minimum atomic E-state index is -4.31. The SMILES string of the molecule is CCOC(=O)CN(c1ccc(OC)c(Cl)c1)S(=O)(=O)c1ccc(OC)c(F)c1. The van der Waals surface area contributed by atoms with Crippen LogP contribution in [0.5, 0.6) is 11.5 Å². The summed E-state index contributed by atoms with van der Waals surface area (Å²) in [5, 5.41) is 0.143. The fraction of sp³-hybridized carbons (Fsp3) is 0.278. The van der Waals surface area contributed by atoms with Gasteiger partial charge in [0.05, 0.1) is 36.4 Å². The summed E-state index contributed by atoms with van der Waals surface area (Å²) in [6, 6.07) is 7.39. The second kappa shape index (κ2) is 9.11. The van der Waals surface area contributed by atoms with Gasteiger partial charge in [0.2, 0.25) is 0 Å². The lowest BCUT2D eigenvalue weighted by atomic mass is 10.3. The van der Waals surface area contributed by atoms with E-state index in [1.807, 2.05) is 0 Å². The highest BCUT2D eigenvalue weighted by molar-refractivity contribution is 7.92. The van der Waals surface area contributed by atoms with Gasteiger partial charge in [-0.3, -0.25) is 9.10 Å². The van der Waals surface area contributed by atoms with Gasteiger partial charge in [0.25, 0.3) is 10.0 Å². The van der Waals surface area contributed by atoms with Crippen molar-refractivity contribution in [2.45, 2.75) is 11.8 Å². The van der Waals surface area contributed by atoms with Crippen LogP contribution >= 0.6 is 11.6 Å². The van der Waals surface area contributed by atoms with Crippen molar-refractivity contribution in [2.75, 3.05) is 31.7 Å². The Hall–Kier alpha value is -2.52.